The maximum atomic E-state index is 9.06. The van der Waals surface area contributed by atoms with E-state index in [4.69, 9.17) is 5.11 Å². The fourth-order valence-electron chi connectivity index (χ4n) is 2.87. The molecule has 0 amide bonds. The predicted octanol–water partition coefficient (Wildman–Crippen LogP) is 3.09. The molecule has 0 fully saturated rings. The van der Waals surface area contributed by atoms with Crippen LogP contribution in [0.5, 0.6) is 0 Å². The van der Waals surface area contributed by atoms with E-state index in [1.807, 2.05) is 10.9 Å². The first-order valence-electron chi connectivity index (χ1n) is 9.20. The average Bonchev–Trinajstić information content (AvgIpc) is 3.42. The minimum absolute atomic E-state index is 0.0277. The summed E-state index contributed by atoms with van der Waals surface area (Å²) in [6, 6.07) is 2.08. The van der Waals surface area contributed by atoms with Crippen LogP contribution in [0, 0.1) is 0 Å². The molecule has 29 heavy (non-hydrogen) atoms. The normalized spacial score (nSPS) is 11.7. The summed E-state index contributed by atoms with van der Waals surface area (Å²) in [4.78, 5) is 10.2. The summed E-state index contributed by atoms with van der Waals surface area (Å²) in [5.74, 6) is 0.976. The minimum atomic E-state index is 0.0277. The number of hydrogen-bond acceptors (Lipinski definition) is 9. The number of aromatic nitrogens is 6. The van der Waals surface area contributed by atoms with Gasteiger partial charge in [0, 0.05) is 36.4 Å². The number of nitrogens with zero attached hydrogens (tertiary/aromatic N) is 8. The highest BCUT2D eigenvalue weighted by molar-refractivity contribution is 7.19. The minimum Gasteiger partial charge on any atom is -0.394 e. The van der Waals surface area contributed by atoms with Crippen molar-refractivity contribution in [1.82, 2.24) is 29.5 Å². The molecule has 0 unspecified atom stereocenters. The molecule has 0 aliphatic heterocycles. The molecule has 11 heteroatoms. The molecule has 0 spiro atoms. The lowest BCUT2D eigenvalue weighted by Gasteiger charge is -2.07. The van der Waals surface area contributed by atoms with Crippen LogP contribution in [0.4, 0.5) is 11.6 Å². The molecular weight excluding hydrogens is 390 g/mol. The number of nitrogens with one attached hydrogen (secondary N) is 1. The molecule has 0 aliphatic rings. The van der Waals surface area contributed by atoms with Crippen molar-refractivity contribution < 1.29 is 5.11 Å². The first-order chi connectivity index (χ1) is 14.2. The van der Waals surface area contributed by atoms with Crippen LogP contribution < -0.4 is 5.32 Å². The molecule has 0 bridgehead atoms. The van der Waals surface area contributed by atoms with Gasteiger partial charge in [-0.3, -0.25) is 9.36 Å². The Balaban J connectivity index is 1.56. The Bertz CT molecular complexity index is 1110. The van der Waals surface area contributed by atoms with Gasteiger partial charge in [0.2, 0.25) is 5.82 Å². The van der Waals surface area contributed by atoms with E-state index in [1.165, 1.54) is 0 Å². The molecule has 0 radical (unpaired) electrons. The van der Waals surface area contributed by atoms with E-state index in [2.05, 4.69) is 54.9 Å². The lowest BCUT2D eigenvalue weighted by molar-refractivity contribution is 0.269. The number of aliphatic hydroxyl groups is 1. The van der Waals surface area contributed by atoms with E-state index in [1.54, 1.807) is 35.5 Å². The zero-order chi connectivity index (χ0) is 20.2. The molecule has 4 aromatic rings. The summed E-state index contributed by atoms with van der Waals surface area (Å²) in [6.45, 7) is 3.97. The molecule has 0 saturated carbocycles. The number of fused-ring (bicyclic) bond motifs is 1. The molecule has 4 heterocycles. The third kappa shape index (κ3) is 4.15. The molecule has 0 saturated heterocycles. The van der Waals surface area contributed by atoms with Crippen LogP contribution in [0.15, 0.2) is 41.1 Å². The van der Waals surface area contributed by atoms with Crippen molar-refractivity contribution in [2.24, 2.45) is 10.2 Å². The highest BCUT2D eigenvalue weighted by atomic mass is 32.1. The van der Waals surface area contributed by atoms with Crippen LogP contribution in [0.1, 0.15) is 11.8 Å². The smallest absolute Gasteiger partial charge is 0.216 e. The molecular formula is C18H21N9OS. The van der Waals surface area contributed by atoms with Gasteiger partial charge in [-0.1, -0.05) is 0 Å². The summed E-state index contributed by atoms with van der Waals surface area (Å²) >= 11 is 1.70. The zero-order valence-electron chi connectivity index (χ0n) is 16.1. The number of azo groups is 1. The SMILES string of the molecule is CCn1cc2sc(CNc3nc(-c4cnn(CCO)c4)cnc3N=NC)cc2n1. The number of hydrogen-bond donors (Lipinski definition) is 2. The quantitative estimate of drug-likeness (QED) is 0.430. The van der Waals surface area contributed by atoms with Gasteiger partial charge in [-0.2, -0.15) is 15.3 Å². The van der Waals surface area contributed by atoms with Gasteiger partial charge < -0.3 is 10.4 Å². The Hall–Kier alpha value is -3.18. The van der Waals surface area contributed by atoms with E-state index in [9.17, 15) is 0 Å². The van der Waals surface area contributed by atoms with Crippen molar-refractivity contribution in [1.29, 1.82) is 0 Å². The fraction of sp³-hybridized carbons (Fsp3) is 0.333. The second-order valence-electron chi connectivity index (χ2n) is 6.24. The van der Waals surface area contributed by atoms with E-state index in [0.29, 0.717) is 30.4 Å². The van der Waals surface area contributed by atoms with Gasteiger partial charge in [0.1, 0.15) is 5.52 Å². The molecule has 10 nitrogen and oxygen atoms in total. The van der Waals surface area contributed by atoms with E-state index >= 15 is 0 Å². The van der Waals surface area contributed by atoms with Gasteiger partial charge in [-0.05, 0) is 13.0 Å². The van der Waals surface area contributed by atoms with Crippen LogP contribution in [0.3, 0.4) is 0 Å². The molecule has 2 N–H and O–H groups in total. The second kappa shape index (κ2) is 8.45. The summed E-state index contributed by atoms with van der Waals surface area (Å²) in [7, 11) is 1.60. The van der Waals surface area contributed by atoms with Crippen LogP contribution in [0.25, 0.3) is 21.5 Å². The topological polar surface area (TPSA) is 118 Å². The van der Waals surface area contributed by atoms with Gasteiger partial charge in [0.05, 0.1) is 42.5 Å². The maximum absolute atomic E-state index is 9.06. The molecule has 4 aromatic heterocycles. The molecule has 150 valence electrons. The fourth-order valence-corrected chi connectivity index (χ4v) is 3.84. The van der Waals surface area contributed by atoms with Gasteiger partial charge in [-0.25, -0.2) is 9.97 Å². The first kappa shape index (κ1) is 19.2. The number of thiophene rings is 1. The number of rotatable bonds is 8. The van der Waals surface area contributed by atoms with Crippen molar-refractivity contribution in [3.63, 3.8) is 0 Å². The monoisotopic (exact) mass is 411 g/mol. The molecule has 0 aliphatic carbocycles. The molecule has 0 aromatic carbocycles. The summed E-state index contributed by atoms with van der Waals surface area (Å²) in [6.07, 6.45) is 7.23. The third-order valence-corrected chi connectivity index (χ3v) is 5.31. The van der Waals surface area contributed by atoms with E-state index < -0.39 is 0 Å². The highest BCUT2D eigenvalue weighted by Gasteiger charge is 2.12. The van der Waals surface area contributed by atoms with E-state index in [-0.39, 0.29) is 6.61 Å². The Kier molecular flexibility index (Phi) is 5.58. The first-order valence-corrected chi connectivity index (χ1v) is 10.0. The number of anilines is 1. The second-order valence-corrected chi connectivity index (χ2v) is 7.41. The summed E-state index contributed by atoms with van der Waals surface area (Å²) < 4.78 is 4.76. The van der Waals surface area contributed by atoms with Crippen molar-refractivity contribution in [2.75, 3.05) is 19.0 Å². The van der Waals surface area contributed by atoms with Crippen LogP contribution >= 0.6 is 11.3 Å². The van der Waals surface area contributed by atoms with Crippen molar-refractivity contribution in [2.45, 2.75) is 26.6 Å². The molecule has 4 rings (SSSR count). The largest absolute Gasteiger partial charge is 0.394 e. The maximum Gasteiger partial charge on any atom is 0.216 e. The summed E-state index contributed by atoms with van der Waals surface area (Å²) in [5, 5.41) is 29.0. The third-order valence-electron chi connectivity index (χ3n) is 4.25. The Morgan fingerprint density at radius 1 is 1.24 bits per heavy atom. The van der Waals surface area contributed by atoms with Gasteiger partial charge in [0.25, 0.3) is 0 Å². The number of aliphatic hydroxyl groups excluding tert-OH is 1. The zero-order valence-corrected chi connectivity index (χ0v) is 17.0. The van der Waals surface area contributed by atoms with E-state index in [0.717, 1.165) is 27.2 Å². The summed E-state index contributed by atoms with van der Waals surface area (Å²) in [5.41, 5.74) is 2.48. The lowest BCUT2D eigenvalue weighted by atomic mass is 10.2. The van der Waals surface area contributed by atoms with Gasteiger partial charge in [0.15, 0.2) is 5.82 Å². The van der Waals surface area contributed by atoms with Crippen molar-refractivity contribution in [3.8, 4) is 11.3 Å². The van der Waals surface area contributed by atoms with Gasteiger partial charge in [-0.15, -0.1) is 16.5 Å². The lowest BCUT2D eigenvalue weighted by Crippen LogP contribution is -2.02. The number of aryl methyl sites for hydroxylation is 1. The predicted molar refractivity (Wildman–Crippen MR) is 111 cm³/mol. The Morgan fingerprint density at radius 3 is 2.90 bits per heavy atom. The Labute approximate surface area is 171 Å². The van der Waals surface area contributed by atoms with Crippen molar-refractivity contribution >= 4 is 33.2 Å². The van der Waals surface area contributed by atoms with Crippen LogP contribution in [0.2, 0.25) is 0 Å². The van der Waals surface area contributed by atoms with Crippen LogP contribution in [-0.4, -0.2) is 48.3 Å². The van der Waals surface area contributed by atoms with Crippen LogP contribution in [-0.2, 0) is 19.6 Å². The van der Waals surface area contributed by atoms with Crippen molar-refractivity contribution in [3.05, 3.63) is 35.7 Å². The highest BCUT2D eigenvalue weighted by Crippen LogP contribution is 2.28. The Morgan fingerprint density at radius 2 is 2.14 bits per heavy atom. The average molecular weight is 411 g/mol. The molecule has 0 atom stereocenters. The van der Waals surface area contributed by atoms with Gasteiger partial charge >= 0.3 is 0 Å². The standard InChI is InChI=1S/C18H21N9OS/c1-3-26-11-16-14(25-26)6-13(29-16)8-20-17-18(24-19-2)21-9-15(23-17)12-7-22-27(10-12)4-5-28/h6-7,9-11,28H,3-5,8H2,1-2H3,(H,20,23).